The van der Waals surface area contributed by atoms with Crippen LogP contribution in [-0.2, 0) is 41.8 Å². The molecule has 0 amide bonds. The molecule has 0 spiro atoms. The summed E-state index contributed by atoms with van der Waals surface area (Å²) in [4.78, 5) is 54.5. The average Bonchev–Trinajstić information content (AvgIpc) is 3.33. The molecule has 21 heteroatoms. The van der Waals surface area contributed by atoms with Gasteiger partial charge in [0.15, 0.2) is 6.10 Å². The lowest BCUT2D eigenvalue weighted by molar-refractivity contribution is -0.216. The first-order valence-corrected chi connectivity index (χ1v) is 28.5. The predicted octanol–water partition coefficient (Wildman–Crippen LogP) is 7.09. The quantitative estimate of drug-likeness (QED) is 0.00960. The summed E-state index contributed by atoms with van der Waals surface area (Å²) in [7, 11) is -10.8. The van der Waals surface area contributed by atoms with Gasteiger partial charge in [0.2, 0.25) is 0 Å². The summed E-state index contributed by atoms with van der Waals surface area (Å²) in [5.74, 6) is -1.55. The van der Waals surface area contributed by atoms with E-state index in [1.165, 1.54) is 50.7 Å². The number of allylic oxidation sites excluding steroid dienone is 11. The first-order valence-electron chi connectivity index (χ1n) is 25.5. The number of hydrogen-bond donors (Lipinski definition) is 10. The Labute approximate surface area is 426 Å². The molecule has 1 fully saturated rings. The maximum atomic E-state index is 13.0. The third-order valence-corrected chi connectivity index (χ3v) is 12.8. The van der Waals surface area contributed by atoms with E-state index < -0.39 is 102 Å². The largest absolute Gasteiger partial charge is 0.472 e. The molecule has 0 aliphatic heterocycles. The van der Waals surface area contributed by atoms with Crippen molar-refractivity contribution in [3.05, 3.63) is 85.1 Å². The number of aliphatic hydroxyl groups excluding tert-OH is 7. The highest BCUT2D eigenvalue weighted by Gasteiger charge is 2.54. The van der Waals surface area contributed by atoms with E-state index in [1.54, 1.807) is 36.5 Å². The van der Waals surface area contributed by atoms with Gasteiger partial charge in [-0.3, -0.25) is 23.2 Å². The lowest BCUT2D eigenvalue weighted by Gasteiger charge is -2.43. The zero-order chi connectivity index (χ0) is 53.6. The molecule has 0 heterocycles. The van der Waals surface area contributed by atoms with Crippen LogP contribution >= 0.6 is 15.6 Å². The monoisotopic (exact) mass is 1060 g/mol. The van der Waals surface area contributed by atoms with Crippen LogP contribution in [0.3, 0.4) is 0 Å². The molecule has 0 aromatic carbocycles. The van der Waals surface area contributed by atoms with Gasteiger partial charge in [-0.05, 0) is 64.2 Å². The molecule has 19 nitrogen and oxygen atoms in total. The van der Waals surface area contributed by atoms with Gasteiger partial charge in [-0.2, -0.15) is 0 Å². The minimum absolute atomic E-state index is 0.0174. The number of phosphoric ester groups is 2. The first kappa shape index (κ1) is 67.1. The van der Waals surface area contributed by atoms with E-state index in [-0.39, 0.29) is 25.7 Å². The van der Waals surface area contributed by atoms with E-state index in [9.17, 15) is 69.1 Å². The summed E-state index contributed by atoms with van der Waals surface area (Å²) in [6.45, 7) is 2.61. The lowest BCUT2D eigenvalue weighted by Crippen LogP contribution is -2.64. The average molecular weight is 1070 g/mol. The van der Waals surface area contributed by atoms with Crippen molar-refractivity contribution in [1.29, 1.82) is 0 Å². The summed E-state index contributed by atoms with van der Waals surface area (Å²) in [6.07, 6.45) is 24.4. The van der Waals surface area contributed by atoms with Crippen molar-refractivity contribution in [2.75, 3.05) is 13.2 Å². The van der Waals surface area contributed by atoms with Gasteiger partial charge >= 0.3 is 27.6 Å². The van der Waals surface area contributed by atoms with Crippen molar-refractivity contribution in [2.45, 2.75) is 210 Å². The molecular formula is C51H86O19P2. The van der Waals surface area contributed by atoms with Crippen molar-refractivity contribution in [3.63, 3.8) is 0 Å². The number of rotatable bonds is 41. The summed E-state index contributed by atoms with van der Waals surface area (Å²) in [5.41, 5.74) is 0. The number of hydrogen-bond acceptors (Lipinski definition) is 16. The fourth-order valence-corrected chi connectivity index (χ4v) is 8.76. The smallest absolute Gasteiger partial charge is 0.462 e. The van der Waals surface area contributed by atoms with E-state index in [0.29, 0.717) is 12.8 Å². The SMILES string of the molecule is CC/C=C\C[C@H](O)/C=C/C=C/C=C\C=C/[C@@H](O)[C@H](O)CCCC(=O)O[C@H](COC(=O)CCCCCCCCCCC/C=C\C/C=C\CCCCC)COP(=O)(O)O[C@H]1C(O)C(O)C(O)[C@@H](OP(=O)(O)O)C1O. The Morgan fingerprint density at radius 2 is 1.11 bits per heavy atom. The van der Waals surface area contributed by atoms with Crippen LogP contribution in [0.4, 0.5) is 0 Å². The van der Waals surface area contributed by atoms with Crippen LogP contribution in [0.1, 0.15) is 149 Å². The fourth-order valence-electron chi connectivity index (χ4n) is 7.22. The zero-order valence-electron chi connectivity index (χ0n) is 42.2. The number of ether oxygens (including phenoxy) is 2. The van der Waals surface area contributed by atoms with Crippen molar-refractivity contribution in [1.82, 2.24) is 0 Å². The molecule has 72 heavy (non-hydrogen) atoms. The maximum Gasteiger partial charge on any atom is 0.472 e. The van der Waals surface area contributed by atoms with E-state index in [1.807, 2.05) is 19.1 Å². The molecule has 1 rings (SSSR count). The van der Waals surface area contributed by atoms with E-state index >= 15 is 0 Å². The molecule has 10 N–H and O–H groups in total. The maximum absolute atomic E-state index is 13.0. The van der Waals surface area contributed by atoms with Crippen LogP contribution in [0.25, 0.3) is 0 Å². The van der Waals surface area contributed by atoms with Crippen molar-refractivity contribution in [3.8, 4) is 0 Å². The Kier molecular flexibility index (Phi) is 37.6. The molecule has 5 unspecified atom stereocenters. The van der Waals surface area contributed by atoms with Gasteiger partial charge < -0.3 is 59.9 Å². The minimum atomic E-state index is -5.42. The Bertz CT molecular complexity index is 1760. The van der Waals surface area contributed by atoms with Crippen LogP contribution in [0.15, 0.2) is 85.1 Å². The van der Waals surface area contributed by atoms with Gasteiger partial charge in [-0.15, -0.1) is 0 Å². The number of carbonyl (C=O) groups is 2. The molecule has 0 aromatic heterocycles. The van der Waals surface area contributed by atoms with E-state index in [0.717, 1.165) is 57.8 Å². The topological polar surface area (TPSA) is 317 Å². The molecule has 11 atom stereocenters. The van der Waals surface area contributed by atoms with Gasteiger partial charge in [-0.1, -0.05) is 157 Å². The van der Waals surface area contributed by atoms with Gasteiger partial charge in [0.1, 0.15) is 43.2 Å². The molecule has 0 saturated heterocycles. The van der Waals surface area contributed by atoms with Crippen LogP contribution in [0.5, 0.6) is 0 Å². The van der Waals surface area contributed by atoms with Gasteiger partial charge in [-0.25, -0.2) is 9.13 Å². The molecule has 1 aliphatic carbocycles. The number of aliphatic hydroxyl groups is 7. The Morgan fingerprint density at radius 3 is 1.71 bits per heavy atom. The Balaban J connectivity index is 2.69. The van der Waals surface area contributed by atoms with Crippen LogP contribution in [0.2, 0.25) is 0 Å². The van der Waals surface area contributed by atoms with Crippen molar-refractivity contribution < 1.29 is 92.2 Å². The van der Waals surface area contributed by atoms with Crippen LogP contribution < -0.4 is 0 Å². The third kappa shape index (κ3) is 33.8. The second kappa shape index (κ2) is 40.4. The second-order valence-corrected chi connectivity index (χ2v) is 20.3. The summed E-state index contributed by atoms with van der Waals surface area (Å²) >= 11 is 0. The predicted molar refractivity (Wildman–Crippen MR) is 273 cm³/mol. The molecule has 1 aliphatic rings. The van der Waals surface area contributed by atoms with Gasteiger partial charge in [0.05, 0.1) is 24.9 Å². The molecule has 414 valence electrons. The third-order valence-electron chi connectivity index (χ3n) is 11.3. The summed E-state index contributed by atoms with van der Waals surface area (Å²) in [5, 5.41) is 72.0. The Hall–Kier alpha value is -2.94. The fraction of sp³-hybridized carbons (Fsp3) is 0.686. The number of carbonyl (C=O) groups excluding carboxylic acids is 2. The number of unbranched alkanes of at least 4 members (excludes halogenated alkanes) is 12. The molecule has 0 radical (unpaired) electrons. The zero-order valence-corrected chi connectivity index (χ0v) is 43.9. The highest BCUT2D eigenvalue weighted by atomic mass is 31.2. The Morgan fingerprint density at radius 1 is 0.569 bits per heavy atom. The standard InChI is InChI=1S/C51H86O19P2/c1-3-5-7-8-9-10-11-12-13-14-15-16-17-18-19-20-21-26-30-36-44(55)66-38-41(39-67-72(64,65)70-51-48(59)46(57)47(58)50(49(51)60)69-71(61,62)63)68-45(56)37-31-35-43(54)42(53)34-29-25-23-22-24-28-33-40(52)32-27-6-4-2/h6,9-10,12-13,22-25,27-29,33-34,40-43,46-54,57-60H,3-5,7-8,11,14-21,26,30-32,35-39H2,1-2H3,(H,64,65)(H2,61,62,63)/b10-9-,13-12-,24-22+,25-23-,27-6-,33-28+,34-29-/t40-,41+,42+,43+,46?,47?,48?,49?,50+,51-/m0/s1. The van der Waals surface area contributed by atoms with Crippen LogP contribution in [-0.4, -0.2) is 137 Å². The summed E-state index contributed by atoms with van der Waals surface area (Å²) < 4.78 is 49.2. The van der Waals surface area contributed by atoms with Crippen LogP contribution in [0, 0.1) is 0 Å². The molecule has 1 saturated carbocycles. The van der Waals surface area contributed by atoms with Gasteiger partial charge in [0.25, 0.3) is 0 Å². The minimum Gasteiger partial charge on any atom is -0.462 e. The van der Waals surface area contributed by atoms with E-state index in [4.69, 9.17) is 18.5 Å². The first-order chi connectivity index (χ1) is 34.3. The highest BCUT2D eigenvalue weighted by molar-refractivity contribution is 7.47. The van der Waals surface area contributed by atoms with E-state index in [2.05, 4.69) is 35.8 Å². The molecular weight excluding hydrogens is 978 g/mol. The number of phosphoric acid groups is 2. The second-order valence-electron chi connectivity index (χ2n) is 17.7. The van der Waals surface area contributed by atoms with Gasteiger partial charge in [0, 0.05) is 12.8 Å². The van der Waals surface area contributed by atoms with Crippen molar-refractivity contribution >= 4 is 27.6 Å². The summed E-state index contributed by atoms with van der Waals surface area (Å²) in [6, 6.07) is 0. The highest BCUT2D eigenvalue weighted by Crippen LogP contribution is 2.49. The molecule has 0 aromatic rings. The molecule has 0 bridgehead atoms. The number of esters is 2. The lowest BCUT2D eigenvalue weighted by atomic mass is 9.85. The normalized spacial score (nSPS) is 22.8. The van der Waals surface area contributed by atoms with Crippen molar-refractivity contribution in [2.24, 2.45) is 0 Å².